The molecule has 0 unspecified atom stereocenters. The van der Waals surface area contributed by atoms with Crippen molar-refractivity contribution in [1.29, 1.82) is 0 Å². The minimum atomic E-state index is -1.32. The highest BCUT2D eigenvalue weighted by molar-refractivity contribution is 5.94. The van der Waals surface area contributed by atoms with Gasteiger partial charge in [-0.3, -0.25) is 19.2 Å². The Bertz CT molecular complexity index is 999. The van der Waals surface area contributed by atoms with E-state index in [9.17, 15) is 29.1 Å². The zero-order chi connectivity index (χ0) is 20.8. The molecule has 4 amide bonds. The Labute approximate surface area is 157 Å². The number of phenolic OH excluding ortho intramolecular Hbond substituents is 1. The Kier molecular flexibility index (Phi) is 6.32. The van der Waals surface area contributed by atoms with Crippen molar-refractivity contribution in [2.24, 2.45) is 11.5 Å². The predicted octanol–water partition coefficient (Wildman–Crippen LogP) is -2.00. The lowest BCUT2D eigenvalue weighted by molar-refractivity contribution is -0.131. The number of phenols is 1. The second-order valence-electron chi connectivity index (χ2n) is 5.92. The van der Waals surface area contributed by atoms with Gasteiger partial charge < -0.3 is 31.6 Å². The Morgan fingerprint density at radius 2 is 1.82 bits per heavy atom. The van der Waals surface area contributed by atoms with Crippen molar-refractivity contribution in [1.82, 2.24) is 10.6 Å². The van der Waals surface area contributed by atoms with Gasteiger partial charge in [-0.1, -0.05) is 0 Å². The molecule has 1 aromatic carbocycles. The number of benzene rings is 1. The first kappa shape index (κ1) is 20.4. The van der Waals surface area contributed by atoms with Gasteiger partial charge in [0.1, 0.15) is 17.4 Å². The number of nitrogens with one attached hydrogen (secondary N) is 2. The Hall–Kier alpha value is -3.89. The fourth-order valence-corrected chi connectivity index (χ4v) is 2.49. The van der Waals surface area contributed by atoms with Crippen LogP contribution in [0.5, 0.6) is 5.75 Å². The Morgan fingerprint density at radius 3 is 2.46 bits per heavy atom. The van der Waals surface area contributed by atoms with Crippen molar-refractivity contribution in [3.63, 3.8) is 0 Å². The summed E-state index contributed by atoms with van der Waals surface area (Å²) < 4.78 is 4.97. The second kappa shape index (κ2) is 8.66. The van der Waals surface area contributed by atoms with Gasteiger partial charge in [0.2, 0.25) is 23.6 Å². The lowest BCUT2D eigenvalue weighted by Gasteiger charge is -2.17. The van der Waals surface area contributed by atoms with E-state index in [0.717, 1.165) is 6.07 Å². The molecular formula is C17H18N4O7. The van der Waals surface area contributed by atoms with Crippen molar-refractivity contribution in [3.05, 3.63) is 40.2 Å². The monoisotopic (exact) mass is 390 g/mol. The zero-order valence-corrected chi connectivity index (χ0v) is 14.6. The third-order valence-corrected chi connectivity index (χ3v) is 3.66. The lowest BCUT2D eigenvalue weighted by Crippen LogP contribution is -2.50. The first-order valence-corrected chi connectivity index (χ1v) is 8.05. The molecule has 1 atom stereocenters. The average molecular weight is 390 g/mol. The van der Waals surface area contributed by atoms with E-state index in [-0.39, 0.29) is 17.8 Å². The average Bonchev–Trinajstić information content (AvgIpc) is 2.57. The van der Waals surface area contributed by atoms with Gasteiger partial charge in [-0.25, -0.2) is 4.79 Å². The molecule has 2 rings (SSSR count). The van der Waals surface area contributed by atoms with Gasteiger partial charge >= 0.3 is 5.63 Å². The van der Waals surface area contributed by atoms with Crippen LogP contribution in [0.1, 0.15) is 12.0 Å². The van der Waals surface area contributed by atoms with Gasteiger partial charge in [-0.2, -0.15) is 0 Å². The molecule has 0 fully saturated rings. The summed E-state index contributed by atoms with van der Waals surface area (Å²) in [4.78, 5) is 58.0. The van der Waals surface area contributed by atoms with Crippen LogP contribution in [0.2, 0.25) is 0 Å². The van der Waals surface area contributed by atoms with Crippen LogP contribution >= 0.6 is 0 Å². The zero-order valence-electron chi connectivity index (χ0n) is 14.6. The van der Waals surface area contributed by atoms with Crippen LogP contribution in [0.25, 0.3) is 11.0 Å². The Morgan fingerprint density at radius 1 is 1.11 bits per heavy atom. The number of nitrogens with two attached hydrogens (primary N) is 2. The number of hydrogen-bond donors (Lipinski definition) is 5. The number of amides is 4. The molecule has 0 saturated carbocycles. The molecule has 148 valence electrons. The molecule has 7 N–H and O–H groups in total. The molecule has 11 heteroatoms. The molecule has 0 aliphatic heterocycles. The number of aromatic hydroxyl groups is 1. The molecule has 0 bridgehead atoms. The molecule has 0 aliphatic carbocycles. The third-order valence-electron chi connectivity index (χ3n) is 3.66. The van der Waals surface area contributed by atoms with Crippen LogP contribution in [-0.2, 0) is 25.6 Å². The highest BCUT2D eigenvalue weighted by atomic mass is 16.4. The number of carbonyl (C=O) groups is 4. The number of primary amides is 2. The van der Waals surface area contributed by atoms with E-state index in [2.05, 4.69) is 10.6 Å². The van der Waals surface area contributed by atoms with Gasteiger partial charge in [0.25, 0.3) is 0 Å². The van der Waals surface area contributed by atoms with E-state index in [4.69, 9.17) is 15.9 Å². The van der Waals surface area contributed by atoms with Gasteiger partial charge in [-0.05, 0) is 17.7 Å². The van der Waals surface area contributed by atoms with Crippen molar-refractivity contribution in [2.45, 2.75) is 18.9 Å². The smallest absolute Gasteiger partial charge is 0.336 e. The summed E-state index contributed by atoms with van der Waals surface area (Å²) in [5, 5.41) is 14.4. The van der Waals surface area contributed by atoms with Gasteiger partial charge in [0, 0.05) is 17.5 Å². The summed E-state index contributed by atoms with van der Waals surface area (Å²) in [6.45, 7) is -0.474. The van der Waals surface area contributed by atoms with Crippen LogP contribution in [0.3, 0.4) is 0 Å². The molecule has 0 spiro atoms. The molecule has 1 heterocycles. The summed E-state index contributed by atoms with van der Waals surface area (Å²) in [5.41, 5.74) is 9.67. The van der Waals surface area contributed by atoms with Crippen LogP contribution in [0, 0.1) is 0 Å². The maximum Gasteiger partial charge on any atom is 0.336 e. The van der Waals surface area contributed by atoms with E-state index in [1.807, 2.05) is 0 Å². The number of hydrogen-bond acceptors (Lipinski definition) is 7. The molecule has 0 radical (unpaired) electrons. The predicted molar refractivity (Wildman–Crippen MR) is 95.8 cm³/mol. The normalized spacial score (nSPS) is 11.6. The van der Waals surface area contributed by atoms with Crippen LogP contribution in [0.4, 0.5) is 0 Å². The topological polar surface area (TPSA) is 195 Å². The molecule has 0 aliphatic rings. The molecular weight excluding hydrogens is 372 g/mol. The fourth-order valence-electron chi connectivity index (χ4n) is 2.49. The highest BCUT2D eigenvalue weighted by Crippen LogP contribution is 2.22. The first-order chi connectivity index (χ1) is 13.2. The highest BCUT2D eigenvalue weighted by Gasteiger charge is 2.23. The molecule has 11 nitrogen and oxygen atoms in total. The second-order valence-corrected chi connectivity index (χ2v) is 5.92. The van der Waals surface area contributed by atoms with Gasteiger partial charge in [0.15, 0.2) is 0 Å². The molecule has 2 aromatic rings. The molecule has 1 aromatic heterocycles. The molecule has 28 heavy (non-hydrogen) atoms. The summed E-state index contributed by atoms with van der Waals surface area (Å²) in [5.74, 6) is -3.26. The Balaban J connectivity index is 2.19. The maximum absolute atomic E-state index is 12.4. The lowest BCUT2D eigenvalue weighted by atomic mass is 10.1. The van der Waals surface area contributed by atoms with Crippen LogP contribution in [0.15, 0.2) is 33.5 Å². The van der Waals surface area contributed by atoms with Gasteiger partial charge in [0.05, 0.1) is 19.4 Å². The SMILES string of the molecule is NC(=O)CNC(=O)[C@H](CC(N)=O)NC(=O)Cc1cc(=O)oc2cc(O)ccc12. The largest absolute Gasteiger partial charge is 0.508 e. The van der Waals surface area contributed by atoms with E-state index >= 15 is 0 Å². The minimum Gasteiger partial charge on any atom is -0.508 e. The quantitative estimate of drug-likeness (QED) is 0.321. The van der Waals surface area contributed by atoms with Crippen molar-refractivity contribution >= 4 is 34.6 Å². The first-order valence-electron chi connectivity index (χ1n) is 8.05. The fraction of sp³-hybridized carbons (Fsp3) is 0.235. The minimum absolute atomic E-state index is 0.0863. The van der Waals surface area contributed by atoms with Gasteiger partial charge in [-0.15, -0.1) is 0 Å². The third kappa shape index (κ3) is 5.56. The number of rotatable bonds is 8. The van der Waals surface area contributed by atoms with E-state index in [0.29, 0.717) is 10.9 Å². The van der Waals surface area contributed by atoms with E-state index in [1.165, 1.54) is 18.2 Å². The summed E-state index contributed by atoms with van der Waals surface area (Å²) in [6, 6.07) is 3.84. The van der Waals surface area contributed by atoms with E-state index < -0.39 is 48.3 Å². The van der Waals surface area contributed by atoms with Crippen molar-refractivity contribution in [3.8, 4) is 5.75 Å². The summed E-state index contributed by atoms with van der Waals surface area (Å²) >= 11 is 0. The summed E-state index contributed by atoms with van der Waals surface area (Å²) in [6.07, 6.45) is -0.812. The maximum atomic E-state index is 12.4. The van der Waals surface area contributed by atoms with E-state index in [1.54, 1.807) is 0 Å². The standard InChI is InChI=1S/C17H18N4O7/c18-13(23)6-11(17(27)20-7-14(19)24)21-15(25)3-8-4-16(26)28-12-5-9(22)1-2-10(8)12/h1-2,4-5,11,22H,3,6-7H2,(H2,18,23)(H2,19,24)(H,20,27)(H,21,25)/t11-/m0/s1. The van der Waals surface area contributed by atoms with Crippen LogP contribution in [-0.4, -0.2) is 41.3 Å². The number of carbonyl (C=O) groups excluding carboxylic acids is 4. The van der Waals surface area contributed by atoms with Crippen molar-refractivity contribution < 1.29 is 28.7 Å². The number of fused-ring (bicyclic) bond motifs is 1. The summed E-state index contributed by atoms with van der Waals surface area (Å²) in [7, 11) is 0. The molecule has 0 saturated heterocycles. The van der Waals surface area contributed by atoms with Crippen molar-refractivity contribution in [2.75, 3.05) is 6.54 Å². The van der Waals surface area contributed by atoms with Crippen LogP contribution < -0.4 is 27.7 Å².